The van der Waals surface area contributed by atoms with Crippen molar-refractivity contribution in [2.24, 2.45) is 0 Å². The van der Waals surface area contributed by atoms with Gasteiger partial charge in [0.1, 0.15) is 5.15 Å². The predicted octanol–water partition coefficient (Wildman–Crippen LogP) is 3.30. The van der Waals surface area contributed by atoms with Gasteiger partial charge >= 0.3 is 0 Å². The van der Waals surface area contributed by atoms with Crippen molar-refractivity contribution < 1.29 is 4.74 Å². The van der Waals surface area contributed by atoms with E-state index in [1.165, 1.54) is 4.68 Å². The molecule has 2 aromatic heterocycles. The fraction of sp³-hybridized carbons (Fsp3) is 0.353. The highest BCUT2D eigenvalue weighted by Gasteiger charge is 2.21. The largest absolute Gasteiger partial charge is 0.381 e. The highest BCUT2D eigenvalue weighted by atomic mass is 35.5. The van der Waals surface area contributed by atoms with E-state index in [4.69, 9.17) is 27.9 Å². The monoisotopic (exact) mass is 378 g/mol. The van der Waals surface area contributed by atoms with Gasteiger partial charge < -0.3 is 4.74 Å². The lowest BCUT2D eigenvalue weighted by Crippen LogP contribution is -2.31. The van der Waals surface area contributed by atoms with Crippen LogP contribution >= 0.6 is 23.2 Å². The van der Waals surface area contributed by atoms with Crippen molar-refractivity contribution in [3.05, 3.63) is 56.6 Å². The Bertz CT molecular complexity index is 976. The zero-order chi connectivity index (χ0) is 17.4. The first-order valence-electron chi connectivity index (χ1n) is 8.10. The molecule has 0 aliphatic carbocycles. The number of ether oxygens (including phenoxy) is 1. The van der Waals surface area contributed by atoms with Gasteiger partial charge in [-0.2, -0.15) is 10.2 Å². The Labute approximate surface area is 153 Å². The van der Waals surface area contributed by atoms with Crippen LogP contribution in [-0.4, -0.2) is 32.8 Å². The van der Waals surface area contributed by atoms with Crippen molar-refractivity contribution in [3.63, 3.8) is 0 Å². The molecule has 130 valence electrons. The van der Waals surface area contributed by atoms with Gasteiger partial charge in [-0.25, -0.2) is 9.36 Å². The van der Waals surface area contributed by atoms with Crippen LogP contribution in [0.4, 0.5) is 0 Å². The summed E-state index contributed by atoms with van der Waals surface area (Å²) in [4.78, 5) is 12.8. The Morgan fingerprint density at radius 1 is 1.20 bits per heavy atom. The molecule has 8 heteroatoms. The second-order valence-corrected chi connectivity index (χ2v) is 6.81. The molecule has 1 saturated heterocycles. The minimum atomic E-state index is -0.218. The quantitative estimate of drug-likeness (QED) is 0.701. The van der Waals surface area contributed by atoms with E-state index in [0.717, 1.165) is 18.4 Å². The second kappa shape index (κ2) is 6.78. The molecule has 3 heterocycles. The lowest BCUT2D eigenvalue weighted by atomic mass is 10.1. The highest BCUT2D eigenvalue weighted by molar-refractivity contribution is 6.34. The van der Waals surface area contributed by atoms with Gasteiger partial charge in [-0.15, -0.1) is 0 Å². The minimum Gasteiger partial charge on any atom is -0.381 e. The summed E-state index contributed by atoms with van der Waals surface area (Å²) < 4.78 is 8.45. The van der Waals surface area contributed by atoms with Crippen LogP contribution < -0.4 is 5.56 Å². The van der Waals surface area contributed by atoms with Crippen LogP contribution in [0.5, 0.6) is 0 Å². The van der Waals surface area contributed by atoms with Crippen molar-refractivity contribution >= 4 is 34.1 Å². The average Bonchev–Trinajstić information content (AvgIpc) is 2.95. The predicted molar refractivity (Wildman–Crippen MR) is 96.4 cm³/mol. The van der Waals surface area contributed by atoms with Crippen LogP contribution in [-0.2, 0) is 11.3 Å². The summed E-state index contributed by atoms with van der Waals surface area (Å²) in [6.45, 7) is 1.67. The van der Waals surface area contributed by atoms with Crippen LogP contribution in [0.25, 0.3) is 10.9 Å². The molecule has 6 nitrogen and oxygen atoms in total. The van der Waals surface area contributed by atoms with Crippen LogP contribution in [0.15, 0.2) is 35.3 Å². The molecule has 1 fully saturated rings. The van der Waals surface area contributed by atoms with E-state index in [1.807, 2.05) is 24.3 Å². The van der Waals surface area contributed by atoms with Crippen molar-refractivity contribution in [2.75, 3.05) is 13.2 Å². The molecule has 0 saturated carbocycles. The van der Waals surface area contributed by atoms with Gasteiger partial charge in [-0.1, -0.05) is 41.4 Å². The summed E-state index contributed by atoms with van der Waals surface area (Å²) in [5.41, 5.74) is 0.999. The Balaban J connectivity index is 1.75. The molecular weight excluding hydrogens is 363 g/mol. The number of hydrogen-bond donors (Lipinski definition) is 0. The second-order valence-electron chi connectivity index (χ2n) is 6.04. The molecule has 0 radical (unpaired) electrons. The SMILES string of the molecule is O=c1c2nn(Cc3ccccc3Cl)c(Cl)c2cnn1C1CCOCC1. The number of halogens is 2. The fourth-order valence-corrected chi connectivity index (χ4v) is 3.52. The van der Waals surface area contributed by atoms with E-state index in [0.29, 0.717) is 40.8 Å². The Hall–Kier alpha value is -1.89. The van der Waals surface area contributed by atoms with Gasteiger partial charge in [0.25, 0.3) is 5.56 Å². The average molecular weight is 379 g/mol. The maximum atomic E-state index is 12.8. The molecule has 0 N–H and O–H groups in total. The number of hydrogen-bond acceptors (Lipinski definition) is 4. The molecule has 0 unspecified atom stereocenters. The van der Waals surface area contributed by atoms with Crippen LogP contribution in [0.1, 0.15) is 24.4 Å². The Morgan fingerprint density at radius 2 is 1.96 bits per heavy atom. The summed E-state index contributed by atoms with van der Waals surface area (Å²) in [6.07, 6.45) is 3.16. The molecule has 4 rings (SSSR count). The van der Waals surface area contributed by atoms with E-state index < -0.39 is 0 Å². The van der Waals surface area contributed by atoms with Crippen molar-refractivity contribution in [1.29, 1.82) is 0 Å². The van der Waals surface area contributed by atoms with Crippen molar-refractivity contribution in [1.82, 2.24) is 19.6 Å². The number of aromatic nitrogens is 4. The fourth-order valence-electron chi connectivity index (χ4n) is 3.09. The zero-order valence-corrected chi connectivity index (χ0v) is 14.9. The molecule has 25 heavy (non-hydrogen) atoms. The van der Waals surface area contributed by atoms with E-state index in [1.54, 1.807) is 10.9 Å². The van der Waals surface area contributed by atoms with E-state index in [2.05, 4.69) is 10.2 Å². The van der Waals surface area contributed by atoms with Gasteiger partial charge in [-0.05, 0) is 24.5 Å². The summed E-state index contributed by atoms with van der Waals surface area (Å²) in [5, 5.41) is 10.3. The van der Waals surface area contributed by atoms with E-state index in [-0.39, 0.29) is 11.6 Å². The summed E-state index contributed by atoms with van der Waals surface area (Å²) in [5.74, 6) is 0. The molecule has 1 aliphatic rings. The smallest absolute Gasteiger partial charge is 0.295 e. The Morgan fingerprint density at radius 3 is 2.72 bits per heavy atom. The minimum absolute atomic E-state index is 0.0399. The van der Waals surface area contributed by atoms with Gasteiger partial charge in [0.05, 0.1) is 24.2 Å². The molecule has 0 atom stereocenters. The maximum Gasteiger partial charge on any atom is 0.295 e. The molecular formula is C17H16Cl2N4O2. The number of nitrogens with zero attached hydrogens (tertiary/aromatic N) is 4. The van der Waals surface area contributed by atoms with E-state index >= 15 is 0 Å². The first-order chi connectivity index (χ1) is 12.1. The highest BCUT2D eigenvalue weighted by Crippen LogP contribution is 2.25. The lowest BCUT2D eigenvalue weighted by Gasteiger charge is -2.22. The molecule has 1 aromatic carbocycles. The molecule has 0 amide bonds. The molecule has 1 aliphatic heterocycles. The van der Waals surface area contributed by atoms with Gasteiger partial charge in [0.15, 0.2) is 5.52 Å². The first kappa shape index (κ1) is 16.6. The third-order valence-electron chi connectivity index (χ3n) is 4.46. The van der Waals surface area contributed by atoms with Gasteiger partial charge in [-0.3, -0.25) is 4.79 Å². The molecule has 0 spiro atoms. The third kappa shape index (κ3) is 3.05. The maximum absolute atomic E-state index is 12.8. The van der Waals surface area contributed by atoms with Crippen molar-refractivity contribution in [2.45, 2.75) is 25.4 Å². The lowest BCUT2D eigenvalue weighted by molar-refractivity contribution is 0.0650. The van der Waals surface area contributed by atoms with Crippen molar-refractivity contribution in [3.8, 4) is 0 Å². The summed E-state index contributed by atoms with van der Waals surface area (Å²) >= 11 is 12.6. The number of benzene rings is 1. The molecule has 0 bridgehead atoms. The van der Waals surface area contributed by atoms with E-state index in [9.17, 15) is 4.79 Å². The van der Waals surface area contributed by atoms with Crippen LogP contribution in [0.3, 0.4) is 0 Å². The van der Waals surface area contributed by atoms with Crippen LogP contribution in [0, 0.1) is 0 Å². The van der Waals surface area contributed by atoms with Crippen LogP contribution in [0.2, 0.25) is 10.2 Å². The number of rotatable bonds is 3. The summed E-state index contributed by atoms with van der Waals surface area (Å²) in [6, 6.07) is 7.52. The topological polar surface area (TPSA) is 61.9 Å². The molecule has 3 aromatic rings. The van der Waals surface area contributed by atoms with Gasteiger partial charge in [0, 0.05) is 18.2 Å². The number of fused-ring (bicyclic) bond motifs is 1. The Kier molecular flexibility index (Phi) is 4.50. The standard InChI is InChI=1S/C17H16Cl2N4O2/c18-14-4-2-1-3-11(14)10-22-16(19)13-9-20-23(17(24)15(13)21-22)12-5-7-25-8-6-12/h1-4,9,12H,5-8,10H2. The normalized spacial score (nSPS) is 15.8. The first-order valence-corrected chi connectivity index (χ1v) is 8.85. The third-order valence-corrected chi connectivity index (χ3v) is 5.23. The summed E-state index contributed by atoms with van der Waals surface area (Å²) in [7, 11) is 0. The van der Waals surface area contributed by atoms with Gasteiger partial charge in [0.2, 0.25) is 0 Å². The zero-order valence-electron chi connectivity index (χ0n) is 13.4.